The van der Waals surface area contributed by atoms with E-state index < -0.39 is 0 Å². The highest BCUT2D eigenvalue weighted by molar-refractivity contribution is 6.56. The molecule has 1 aliphatic heterocycles. The van der Waals surface area contributed by atoms with Crippen molar-refractivity contribution in [3.05, 3.63) is 35.4 Å². The van der Waals surface area contributed by atoms with Crippen molar-refractivity contribution in [2.24, 2.45) is 5.73 Å². The van der Waals surface area contributed by atoms with E-state index in [4.69, 9.17) is 5.73 Å². The number of nitrogens with zero attached hydrogens (tertiary/aromatic N) is 1. The Bertz CT molecular complexity index is 400. The van der Waals surface area contributed by atoms with Crippen LogP contribution in [-0.4, -0.2) is 39.0 Å². The lowest BCUT2D eigenvalue weighted by atomic mass is 9.89. The summed E-state index contributed by atoms with van der Waals surface area (Å²) in [5.74, 6) is 0.571. The van der Waals surface area contributed by atoms with Crippen molar-refractivity contribution in [1.82, 2.24) is 4.90 Å². The van der Waals surface area contributed by atoms with E-state index in [1.165, 1.54) is 11.1 Å². The zero-order chi connectivity index (χ0) is 12.3. The van der Waals surface area contributed by atoms with E-state index in [1.54, 1.807) is 0 Å². The van der Waals surface area contributed by atoms with Gasteiger partial charge in [-0.15, -0.1) is 0 Å². The molecule has 1 fully saturated rings. The van der Waals surface area contributed by atoms with E-state index in [2.05, 4.69) is 40.6 Å². The molecule has 1 aromatic carbocycles. The van der Waals surface area contributed by atoms with Crippen molar-refractivity contribution in [2.75, 3.05) is 13.1 Å². The fourth-order valence-corrected chi connectivity index (χ4v) is 2.67. The maximum absolute atomic E-state index is 11.2. The molecule has 2 rings (SSSR count). The number of hydrogen-bond acceptors (Lipinski definition) is 2. The Labute approximate surface area is 110 Å². The second-order valence-electron chi connectivity index (χ2n) is 4.55. The van der Waals surface area contributed by atoms with Crippen molar-refractivity contribution >= 4 is 21.1 Å². The second kappa shape index (κ2) is 5.68. The number of carbonyl (C=O) groups excluding carboxylic acids is 1. The summed E-state index contributed by atoms with van der Waals surface area (Å²) in [6, 6.07) is 8.50. The first-order chi connectivity index (χ1) is 8.20. The van der Waals surface area contributed by atoms with Crippen molar-refractivity contribution < 1.29 is 4.79 Å². The third kappa shape index (κ3) is 3.10. The minimum absolute atomic E-state index is 0.110. The maximum atomic E-state index is 11.2. The van der Waals surface area contributed by atoms with Gasteiger partial charge in [-0.1, -0.05) is 24.3 Å². The Balaban J connectivity index is 2.02. The van der Waals surface area contributed by atoms with Gasteiger partial charge in [-0.3, -0.25) is 0 Å². The Hall–Kier alpha value is -0.818. The summed E-state index contributed by atoms with van der Waals surface area (Å²) in [5.41, 5.74) is 8.21. The number of benzene rings is 1. The minimum atomic E-state index is 0.110. The molecule has 4 heteroatoms. The molecule has 88 valence electrons. The molecule has 0 bridgehead atoms. The van der Waals surface area contributed by atoms with Gasteiger partial charge in [-0.05, 0) is 29.9 Å². The van der Waals surface area contributed by atoms with E-state index in [-0.39, 0.29) is 4.77 Å². The van der Waals surface area contributed by atoms with Gasteiger partial charge in [0.05, 0.1) is 4.77 Å². The number of rotatable bonds is 2. The van der Waals surface area contributed by atoms with Crippen molar-refractivity contribution in [3.63, 3.8) is 0 Å². The lowest BCUT2D eigenvalue weighted by molar-refractivity contribution is 0.204. The molecule has 0 aromatic heterocycles. The zero-order valence-corrected chi connectivity index (χ0v) is 11.1. The molecule has 2 radical (unpaired) electrons. The highest BCUT2D eigenvalue weighted by Crippen LogP contribution is 2.28. The highest BCUT2D eigenvalue weighted by atomic mass is 27.0. The molecular weight excluding hydrogens is 227 g/mol. The van der Waals surface area contributed by atoms with Gasteiger partial charge in [0.25, 0.3) is 16.3 Å². The van der Waals surface area contributed by atoms with Crippen LogP contribution < -0.4 is 5.73 Å². The molecular formula is C13H17AlN2O. The van der Waals surface area contributed by atoms with Gasteiger partial charge >= 0.3 is 0 Å². The quantitative estimate of drug-likeness (QED) is 0.803. The zero-order valence-electron chi connectivity index (χ0n) is 9.93. The summed E-state index contributed by atoms with van der Waals surface area (Å²) in [7, 11) is 0. The molecule has 1 amide bonds. The number of carbonyl (C=O) groups is 1. The van der Waals surface area contributed by atoms with Crippen LogP contribution in [-0.2, 0) is 6.54 Å². The number of nitrogens with two attached hydrogens (primary N) is 1. The van der Waals surface area contributed by atoms with Gasteiger partial charge in [-0.25, -0.2) is 0 Å². The average Bonchev–Trinajstić information content (AvgIpc) is 2.39. The molecule has 0 spiro atoms. The van der Waals surface area contributed by atoms with Crippen LogP contribution in [0.2, 0.25) is 0 Å². The van der Waals surface area contributed by atoms with Crippen LogP contribution in [0.5, 0.6) is 0 Å². The third-order valence-electron chi connectivity index (χ3n) is 3.46. The smallest absolute Gasteiger partial charge is 0.281 e. The fourth-order valence-electron chi connectivity index (χ4n) is 2.41. The average molecular weight is 244 g/mol. The van der Waals surface area contributed by atoms with Crippen molar-refractivity contribution in [1.29, 1.82) is 0 Å². The molecule has 3 nitrogen and oxygen atoms in total. The van der Waals surface area contributed by atoms with Crippen LogP contribution in [0.15, 0.2) is 24.3 Å². The molecule has 0 unspecified atom stereocenters. The Morgan fingerprint density at radius 1 is 1.41 bits per heavy atom. The van der Waals surface area contributed by atoms with Crippen LogP contribution in [0.25, 0.3) is 0 Å². The molecule has 0 aliphatic carbocycles. The summed E-state index contributed by atoms with van der Waals surface area (Å²) in [4.78, 5) is 13.1. The van der Waals surface area contributed by atoms with E-state index in [9.17, 15) is 4.79 Å². The Morgan fingerprint density at radius 3 is 2.71 bits per heavy atom. The van der Waals surface area contributed by atoms with Crippen LogP contribution in [0, 0.1) is 0 Å². The van der Waals surface area contributed by atoms with E-state index >= 15 is 0 Å². The van der Waals surface area contributed by atoms with Crippen LogP contribution in [0.1, 0.15) is 29.9 Å². The van der Waals surface area contributed by atoms with Gasteiger partial charge in [0, 0.05) is 19.6 Å². The minimum Gasteiger partial charge on any atom is -0.361 e. The SMILES string of the molecule is NCc1cccc(C2CCN([C](=O)[Al])CC2)c1. The first-order valence-electron chi connectivity index (χ1n) is 6.04. The topological polar surface area (TPSA) is 46.3 Å². The number of hydrogen-bond donors (Lipinski definition) is 1. The summed E-state index contributed by atoms with van der Waals surface area (Å²) in [6.45, 7) is 2.32. The normalized spacial score (nSPS) is 17.1. The summed E-state index contributed by atoms with van der Waals surface area (Å²) in [5, 5.41) is 0. The monoisotopic (exact) mass is 244 g/mol. The van der Waals surface area contributed by atoms with Gasteiger partial charge < -0.3 is 15.4 Å². The lowest BCUT2D eigenvalue weighted by Gasteiger charge is -2.32. The Kier molecular flexibility index (Phi) is 4.22. The predicted molar refractivity (Wildman–Crippen MR) is 69.0 cm³/mol. The molecule has 1 aromatic rings. The second-order valence-corrected chi connectivity index (χ2v) is 5.04. The highest BCUT2D eigenvalue weighted by Gasteiger charge is 2.21. The number of piperidine rings is 1. The summed E-state index contributed by atoms with van der Waals surface area (Å²) in [6.07, 6.45) is 2.10. The van der Waals surface area contributed by atoms with Gasteiger partial charge in [-0.2, -0.15) is 0 Å². The molecule has 0 saturated carbocycles. The van der Waals surface area contributed by atoms with Gasteiger partial charge in [0.15, 0.2) is 0 Å². The third-order valence-corrected chi connectivity index (χ3v) is 3.83. The van der Waals surface area contributed by atoms with Crippen LogP contribution >= 0.6 is 0 Å². The van der Waals surface area contributed by atoms with Gasteiger partial charge in [0.2, 0.25) is 0 Å². The molecule has 0 atom stereocenters. The van der Waals surface area contributed by atoms with Crippen LogP contribution in [0.4, 0.5) is 4.79 Å². The van der Waals surface area contributed by atoms with Gasteiger partial charge in [0.1, 0.15) is 0 Å². The molecule has 1 heterocycles. The van der Waals surface area contributed by atoms with Crippen molar-refractivity contribution in [2.45, 2.75) is 25.3 Å². The molecule has 2 N–H and O–H groups in total. The predicted octanol–water partition coefficient (Wildman–Crippen LogP) is 1.61. The lowest BCUT2D eigenvalue weighted by Crippen LogP contribution is -2.37. The number of likely N-dealkylation sites (tertiary alicyclic amines) is 1. The molecule has 1 saturated heterocycles. The number of amides is 1. The largest absolute Gasteiger partial charge is 0.361 e. The van der Waals surface area contributed by atoms with E-state index in [1.807, 2.05) is 4.90 Å². The summed E-state index contributed by atoms with van der Waals surface area (Å²) >= 11 is 2.25. The molecule has 17 heavy (non-hydrogen) atoms. The van der Waals surface area contributed by atoms with E-state index in [0.29, 0.717) is 12.5 Å². The molecule has 1 aliphatic rings. The maximum Gasteiger partial charge on any atom is 0.281 e. The standard InChI is InChI=1S/C13H17N2O.Al/c14-9-11-2-1-3-13(8-11)12-4-6-15(10-16)7-5-12;/h1-3,8,12H,4-7,9,14H2;. The first kappa shape index (κ1) is 12.6. The van der Waals surface area contributed by atoms with Crippen LogP contribution in [0.3, 0.4) is 0 Å². The fraction of sp³-hybridized carbons (Fsp3) is 0.462. The van der Waals surface area contributed by atoms with Crippen molar-refractivity contribution in [3.8, 4) is 0 Å². The Morgan fingerprint density at radius 2 is 2.12 bits per heavy atom. The summed E-state index contributed by atoms with van der Waals surface area (Å²) < 4.78 is 0.110. The first-order valence-corrected chi connectivity index (χ1v) is 6.61. The van der Waals surface area contributed by atoms with E-state index in [0.717, 1.165) is 25.9 Å².